The van der Waals surface area contributed by atoms with E-state index in [2.05, 4.69) is 39.4 Å². The van der Waals surface area contributed by atoms with Gasteiger partial charge in [0, 0.05) is 58.4 Å². The summed E-state index contributed by atoms with van der Waals surface area (Å²) in [6, 6.07) is 13.9. The van der Waals surface area contributed by atoms with Gasteiger partial charge in [-0.2, -0.15) is 0 Å². The SMILES string of the molecule is NCCNC(=O)[C@H]1CC(N(CCN2CCOCC2)Cc2ccccc2)CCN1C(=O)c1cccs1. The second kappa shape index (κ2) is 13.1. The van der Waals surface area contributed by atoms with Crippen molar-refractivity contribution in [3.05, 3.63) is 58.3 Å². The minimum absolute atomic E-state index is 0.0609. The molecule has 190 valence electrons. The molecule has 8 nitrogen and oxygen atoms in total. The lowest BCUT2D eigenvalue weighted by Crippen LogP contribution is -2.58. The van der Waals surface area contributed by atoms with E-state index in [9.17, 15) is 9.59 Å². The van der Waals surface area contributed by atoms with Gasteiger partial charge in [-0.05, 0) is 29.9 Å². The molecule has 0 bridgehead atoms. The van der Waals surface area contributed by atoms with Gasteiger partial charge in [-0.25, -0.2) is 0 Å². The van der Waals surface area contributed by atoms with Crippen LogP contribution in [0.4, 0.5) is 0 Å². The smallest absolute Gasteiger partial charge is 0.264 e. The quantitative estimate of drug-likeness (QED) is 0.516. The number of nitrogens with one attached hydrogen (secondary N) is 1. The monoisotopic (exact) mass is 499 g/mol. The molecule has 2 aliphatic heterocycles. The Morgan fingerprint density at radius 2 is 1.91 bits per heavy atom. The third-order valence-electron chi connectivity index (χ3n) is 6.87. The predicted octanol–water partition coefficient (Wildman–Crippen LogP) is 1.63. The van der Waals surface area contributed by atoms with Gasteiger partial charge < -0.3 is 20.7 Å². The number of nitrogens with zero attached hydrogens (tertiary/aromatic N) is 3. The molecule has 35 heavy (non-hydrogen) atoms. The highest BCUT2D eigenvalue weighted by Crippen LogP contribution is 2.26. The summed E-state index contributed by atoms with van der Waals surface area (Å²) in [5, 5.41) is 4.83. The molecule has 2 amide bonds. The third-order valence-corrected chi connectivity index (χ3v) is 7.72. The van der Waals surface area contributed by atoms with Crippen LogP contribution in [0.25, 0.3) is 0 Å². The fraction of sp³-hybridized carbons (Fsp3) is 0.538. The summed E-state index contributed by atoms with van der Waals surface area (Å²) in [5.41, 5.74) is 6.89. The van der Waals surface area contributed by atoms with Gasteiger partial charge >= 0.3 is 0 Å². The molecule has 2 aliphatic rings. The number of carbonyl (C=O) groups excluding carboxylic acids is 2. The van der Waals surface area contributed by atoms with Crippen molar-refractivity contribution in [1.29, 1.82) is 0 Å². The van der Waals surface area contributed by atoms with Gasteiger partial charge in [0.15, 0.2) is 0 Å². The first-order valence-electron chi connectivity index (χ1n) is 12.6. The van der Waals surface area contributed by atoms with Gasteiger partial charge in [-0.3, -0.25) is 19.4 Å². The Hall–Kier alpha value is -2.30. The maximum absolute atomic E-state index is 13.2. The van der Waals surface area contributed by atoms with E-state index in [1.807, 2.05) is 23.6 Å². The van der Waals surface area contributed by atoms with E-state index in [1.165, 1.54) is 16.9 Å². The predicted molar refractivity (Wildman–Crippen MR) is 138 cm³/mol. The average molecular weight is 500 g/mol. The lowest BCUT2D eigenvalue weighted by molar-refractivity contribution is -0.127. The highest BCUT2D eigenvalue weighted by atomic mass is 32.1. The van der Waals surface area contributed by atoms with Gasteiger partial charge in [0.2, 0.25) is 5.91 Å². The molecule has 1 unspecified atom stereocenters. The number of hydrogen-bond acceptors (Lipinski definition) is 7. The van der Waals surface area contributed by atoms with Crippen molar-refractivity contribution in [1.82, 2.24) is 20.0 Å². The molecule has 2 aromatic rings. The molecule has 0 spiro atoms. The molecule has 2 atom stereocenters. The molecule has 9 heteroatoms. The first-order valence-corrected chi connectivity index (χ1v) is 13.4. The van der Waals surface area contributed by atoms with Crippen molar-refractivity contribution in [2.45, 2.75) is 31.5 Å². The van der Waals surface area contributed by atoms with Crippen LogP contribution >= 0.6 is 11.3 Å². The molecular weight excluding hydrogens is 462 g/mol. The maximum Gasteiger partial charge on any atom is 0.264 e. The number of piperidine rings is 1. The number of hydrogen-bond donors (Lipinski definition) is 2. The topological polar surface area (TPSA) is 91.1 Å². The van der Waals surface area contributed by atoms with E-state index in [4.69, 9.17) is 10.5 Å². The summed E-state index contributed by atoms with van der Waals surface area (Å²) in [6.45, 7) is 7.53. The van der Waals surface area contributed by atoms with Crippen molar-refractivity contribution in [2.75, 3.05) is 59.0 Å². The Labute approximate surface area is 212 Å². The van der Waals surface area contributed by atoms with Crippen LogP contribution in [0.1, 0.15) is 28.1 Å². The maximum atomic E-state index is 13.2. The molecule has 1 aromatic carbocycles. The number of amides is 2. The average Bonchev–Trinajstić information content (AvgIpc) is 3.45. The number of rotatable bonds is 10. The molecule has 1 aromatic heterocycles. The van der Waals surface area contributed by atoms with E-state index in [0.717, 1.165) is 52.4 Å². The molecule has 3 N–H and O–H groups in total. The summed E-state index contributed by atoms with van der Waals surface area (Å²) in [7, 11) is 0. The Kier molecular flexibility index (Phi) is 9.67. The van der Waals surface area contributed by atoms with Gasteiger partial charge in [0.05, 0.1) is 18.1 Å². The van der Waals surface area contributed by atoms with Gasteiger partial charge in [0.25, 0.3) is 5.91 Å². The minimum Gasteiger partial charge on any atom is -0.379 e. The Bertz CT molecular complexity index is 920. The van der Waals surface area contributed by atoms with Gasteiger partial charge in [-0.1, -0.05) is 36.4 Å². The zero-order chi connectivity index (χ0) is 24.5. The van der Waals surface area contributed by atoms with Crippen LogP contribution in [0.2, 0.25) is 0 Å². The van der Waals surface area contributed by atoms with Crippen LogP contribution in [-0.2, 0) is 16.1 Å². The zero-order valence-electron chi connectivity index (χ0n) is 20.3. The first-order chi connectivity index (χ1) is 17.2. The number of carbonyl (C=O) groups is 2. The number of likely N-dealkylation sites (tertiary alicyclic amines) is 1. The number of morpholine rings is 1. The number of thiophene rings is 1. The third kappa shape index (κ3) is 7.11. The summed E-state index contributed by atoms with van der Waals surface area (Å²) in [6.07, 6.45) is 1.46. The van der Waals surface area contributed by atoms with Crippen molar-refractivity contribution in [2.24, 2.45) is 5.73 Å². The molecule has 2 saturated heterocycles. The molecular formula is C26H37N5O3S. The number of nitrogens with two attached hydrogens (primary N) is 1. The van der Waals surface area contributed by atoms with Crippen LogP contribution in [-0.4, -0.2) is 97.6 Å². The number of benzene rings is 1. The van der Waals surface area contributed by atoms with Crippen molar-refractivity contribution in [3.63, 3.8) is 0 Å². The van der Waals surface area contributed by atoms with Crippen molar-refractivity contribution in [3.8, 4) is 0 Å². The Morgan fingerprint density at radius 1 is 1.11 bits per heavy atom. The van der Waals surface area contributed by atoms with Crippen LogP contribution in [0.5, 0.6) is 0 Å². The fourth-order valence-electron chi connectivity index (χ4n) is 4.93. The molecule has 2 fully saturated rings. The molecule has 0 saturated carbocycles. The molecule has 0 aliphatic carbocycles. The van der Waals surface area contributed by atoms with E-state index >= 15 is 0 Å². The highest BCUT2D eigenvalue weighted by molar-refractivity contribution is 7.12. The van der Waals surface area contributed by atoms with Crippen molar-refractivity contribution < 1.29 is 14.3 Å². The van der Waals surface area contributed by atoms with E-state index in [0.29, 0.717) is 30.9 Å². The molecule has 0 radical (unpaired) electrons. The van der Waals surface area contributed by atoms with Gasteiger partial charge in [0.1, 0.15) is 6.04 Å². The van der Waals surface area contributed by atoms with Crippen LogP contribution < -0.4 is 11.1 Å². The Morgan fingerprint density at radius 3 is 2.63 bits per heavy atom. The fourth-order valence-corrected chi connectivity index (χ4v) is 5.61. The van der Waals surface area contributed by atoms with Gasteiger partial charge in [-0.15, -0.1) is 11.3 Å². The highest BCUT2D eigenvalue weighted by Gasteiger charge is 2.38. The lowest BCUT2D eigenvalue weighted by Gasteiger charge is -2.43. The second-order valence-corrected chi connectivity index (χ2v) is 10.1. The van der Waals surface area contributed by atoms with Crippen LogP contribution in [0.3, 0.4) is 0 Å². The molecule has 4 rings (SSSR count). The Balaban J connectivity index is 1.50. The second-order valence-electron chi connectivity index (χ2n) is 9.16. The zero-order valence-corrected chi connectivity index (χ0v) is 21.1. The normalized spacial score (nSPS) is 21.3. The van der Waals surface area contributed by atoms with Crippen molar-refractivity contribution >= 4 is 23.2 Å². The summed E-state index contributed by atoms with van der Waals surface area (Å²) in [4.78, 5) is 33.8. The first kappa shape index (κ1) is 25.8. The van der Waals surface area contributed by atoms with E-state index in [-0.39, 0.29) is 17.9 Å². The summed E-state index contributed by atoms with van der Waals surface area (Å²) in [5.74, 6) is -0.174. The van der Waals surface area contributed by atoms with E-state index < -0.39 is 6.04 Å². The van der Waals surface area contributed by atoms with Crippen LogP contribution in [0, 0.1) is 0 Å². The van der Waals surface area contributed by atoms with E-state index in [1.54, 1.807) is 4.90 Å². The largest absolute Gasteiger partial charge is 0.379 e. The van der Waals surface area contributed by atoms with Crippen LogP contribution in [0.15, 0.2) is 47.8 Å². The summed E-state index contributed by atoms with van der Waals surface area (Å²) < 4.78 is 5.51. The minimum atomic E-state index is -0.503. The molecule has 3 heterocycles. The lowest BCUT2D eigenvalue weighted by atomic mass is 9.94. The summed E-state index contributed by atoms with van der Waals surface area (Å²) >= 11 is 1.42. The number of ether oxygens (including phenoxy) is 1. The standard InChI is InChI=1S/C26H37N5O3S/c27-9-10-28-25(32)23-19-22(8-11-31(23)26(33)24-7-4-18-35-24)30(20-21-5-2-1-3-6-21)13-12-29-14-16-34-17-15-29/h1-7,18,22-23H,8-17,19-20,27H2,(H,28,32)/t22?,23-/m1/s1.